The van der Waals surface area contributed by atoms with E-state index in [1.165, 1.54) is 12.1 Å². The van der Waals surface area contributed by atoms with Crippen molar-refractivity contribution in [2.75, 3.05) is 4.72 Å². The van der Waals surface area contributed by atoms with Gasteiger partial charge in [-0.15, -0.1) is 0 Å². The van der Waals surface area contributed by atoms with Gasteiger partial charge in [0.1, 0.15) is 0 Å². The molecule has 0 aliphatic carbocycles. The molecule has 0 spiro atoms. The third-order valence-corrected chi connectivity index (χ3v) is 6.25. The lowest BCUT2D eigenvalue weighted by atomic mass is 9.89. The molecule has 0 saturated carbocycles. The van der Waals surface area contributed by atoms with Gasteiger partial charge in [-0.1, -0.05) is 65.8 Å². The van der Waals surface area contributed by atoms with Crippen molar-refractivity contribution in [1.29, 1.82) is 0 Å². The van der Waals surface area contributed by atoms with E-state index in [9.17, 15) is 18.3 Å². The van der Waals surface area contributed by atoms with Gasteiger partial charge >= 0.3 is 5.97 Å². The Balaban J connectivity index is 2.73. The lowest BCUT2D eigenvalue weighted by Crippen LogP contribution is -2.20. The normalized spacial score (nSPS) is 12.0. The summed E-state index contributed by atoms with van der Waals surface area (Å²) in [5.41, 5.74) is 2.57. The van der Waals surface area contributed by atoms with Gasteiger partial charge < -0.3 is 5.11 Å². The van der Waals surface area contributed by atoms with Gasteiger partial charge in [-0.05, 0) is 46.6 Å². The van der Waals surface area contributed by atoms with Crippen LogP contribution in [0.3, 0.4) is 0 Å². The van der Waals surface area contributed by atoms with Crippen LogP contribution in [0.25, 0.3) is 0 Å². The molecule has 0 unspecified atom stereocenters. The maximum Gasteiger partial charge on any atom is 0.337 e. The van der Waals surface area contributed by atoms with E-state index in [0.717, 1.165) is 16.7 Å². The highest BCUT2D eigenvalue weighted by Crippen LogP contribution is 2.36. The zero-order valence-corrected chi connectivity index (χ0v) is 18.1. The first-order valence-corrected chi connectivity index (χ1v) is 11.0. The number of sulfonamides is 1. The number of para-hydroxylation sites is 1. The predicted octanol–water partition coefficient (Wildman–Crippen LogP) is 5.56. The summed E-state index contributed by atoms with van der Waals surface area (Å²) in [6.45, 7) is 12.0. The highest BCUT2D eigenvalue weighted by molar-refractivity contribution is 7.92. The number of aromatic carboxylic acids is 1. The highest BCUT2D eigenvalue weighted by Gasteiger charge is 2.28. The van der Waals surface area contributed by atoms with Crippen molar-refractivity contribution in [2.45, 2.75) is 64.2 Å². The maximum absolute atomic E-state index is 13.4. The van der Waals surface area contributed by atoms with E-state index in [0.29, 0.717) is 0 Å². The topological polar surface area (TPSA) is 83.5 Å². The van der Waals surface area contributed by atoms with Crippen LogP contribution < -0.4 is 4.72 Å². The van der Waals surface area contributed by atoms with Gasteiger partial charge in [0.25, 0.3) is 10.0 Å². The molecule has 2 aromatic rings. The molecule has 0 heterocycles. The summed E-state index contributed by atoms with van der Waals surface area (Å²) in [5, 5.41) is 9.38. The van der Waals surface area contributed by atoms with Crippen LogP contribution in [0, 0.1) is 0 Å². The van der Waals surface area contributed by atoms with Gasteiger partial charge in [0.15, 0.2) is 0 Å². The number of hydrogen-bond donors (Lipinski definition) is 2. The molecule has 0 atom stereocenters. The van der Waals surface area contributed by atoms with Gasteiger partial charge in [-0.3, -0.25) is 4.72 Å². The van der Waals surface area contributed by atoms with Crippen molar-refractivity contribution in [3.05, 3.63) is 58.7 Å². The molecule has 0 aliphatic rings. The summed E-state index contributed by atoms with van der Waals surface area (Å²) >= 11 is 0. The molecule has 2 N–H and O–H groups in total. The fourth-order valence-electron chi connectivity index (χ4n) is 3.15. The Labute approximate surface area is 167 Å². The minimum absolute atomic E-state index is 0.00232. The molecule has 0 aliphatic heterocycles. The summed E-state index contributed by atoms with van der Waals surface area (Å²) in [4.78, 5) is 11.7. The smallest absolute Gasteiger partial charge is 0.337 e. The summed E-state index contributed by atoms with van der Waals surface area (Å²) in [6, 6.07) is 9.94. The van der Waals surface area contributed by atoms with Gasteiger partial charge in [0.05, 0.1) is 16.1 Å². The van der Waals surface area contributed by atoms with Crippen LogP contribution >= 0.6 is 0 Å². The Bertz CT molecular complexity index is 947. The Morgan fingerprint density at radius 1 is 0.893 bits per heavy atom. The van der Waals surface area contributed by atoms with Gasteiger partial charge in [-0.2, -0.15) is 0 Å². The van der Waals surface area contributed by atoms with Gasteiger partial charge in [0.2, 0.25) is 0 Å². The third-order valence-electron chi connectivity index (χ3n) is 4.75. The molecule has 2 rings (SSSR count). The predicted molar refractivity (Wildman–Crippen MR) is 113 cm³/mol. The zero-order valence-electron chi connectivity index (χ0n) is 17.3. The molecule has 0 amide bonds. The molecule has 0 fully saturated rings. The molecule has 2 aromatic carbocycles. The summed E-state index contributed by atoms with van der Waals surface area (Å²) < 4.78 is 29.3. The average Bonchev–Trinajstić information content (AvgIpc) is 2.60. The second kappa shape index (κ2) is 8.35. The largest absolute Gasteiger partial charge is 0.478 e. The number of benzene rings is 2. The van der Waals surface area contributed by atoms with Crippen LogP contribution in [0.5, 0.6) is 0 Å². The Morgan fingerprint density at radius 3 is 1.82 bits per heavy atom. The Morgan fingerprint density at radius 2 is 1.39 bits per heavy atom. The molecule has 28 heavy (non-hydrogen) atoms. The van der Waals surface area contributed by atoms with E-state index in [1.54, 1.807) is 12.1 Å². The maximum atomic E-state index is 13.4. The quantitative estimate of drug-likeness (QED) is 0.634. The van der Waals surface area contributed by atoms with E-state index in [2.05, 4.69) is 18.6 Å². The third kappa shape index (κ3) is 4.55. The number of nitrogens with one attached hydrogen (secondary N) is 1. The first-order valence-electron chi connectivity index (χ1n) is 9.48. The first-order chi connectivity index (χ1) is 13.0. The van der Waals surface area contributed by atoms with Crippen molar-refractivity contribution in [3.8, 4) is 0 Å². The molecule has 6 heteroatoms. The standard InChI is InChI=1S/C22H29NO4S/c1-13(2)16-11-18(14(3)4)21(19(12-16)15(5)6)28(26,27)23-20-10-8-7-9-17(20)22(24)25/h7-15,23H,1-6H3,(H,24,25). The fourth-order valence-corrected chi connectivity index (χ4v) is 4.93. The lowest BCUT2D eigenvalue weighted by Gasteiger charge is -2.23. The Hall–Kier alpha value is -2.34. The molecule has 0 radical (unpaired) electrons. The fraction of sp³-hybridized carbons (Fsp3) is 0.409. The van der Waals surface area contributed by atoms with Crippen molar-refractivity contribution >= 4 is 21.7 Å². The molecule has 152 valence electrons. The number of hydrogen-bond acceptors (Lipinski definition) is 3. The molecule has 0 bridgehead atoms. The van der Waals surface area contributed by atoms with Crippen LogP contribution in [0.2, 0.25) is 0 Å². The second-order valence-electron chi connectivity index (χ2n) is 7.95. The van der Waals surface area contributed by atoms with E-state index >= 15 is 0 Å². The van der Waals surface area contributed by atoms with Crippen molar-refractivity contribution < 1.29 is 18.3 Å². The number of carboxylic acid groups (broad SMARTS) is 1. The number of anilines is 1. The van der Waals surface area contributed by atoms with E-state index in [4.69, 9.17) is 0 Å². The summed E-state index contributed by atoms with van der Waals surface area (Å²) in [7, 11) is -3.98. The number of carbonyl (C=O) groups is 1. The van der Waals surface area contributed by atoms with Crippen molar-refractivity contribution in [3.63, 3.8) is 0 Å². The lowest BCUT2D eigenvalue weighted by molar-refractivity contribution is 0.0698. The molecule has 0 saturated heterocycles. The molecular formula is C22H29NO4S. The van der Waals surface area contributed by atoms with E-state index in [-0.39, 0.29) is 33.9 Å². The number of carboxylic acids is 1. The zero-order chi connectivity index (χ0) is 21.2. The van der Waals surface area contributed by atoms with Crippen LogP contribution in [-0.2, 0) is 10.0 Å². The minimum Gasteiger partial charge on any atom is -0.478 e. The van der Waals surface area contributed by atoms with Crippen molar-refractivity contribution in [2.24, 2.45) is 0 Å². The average molecular weight is 404 g/mol. The minimum atomic E-state index is -3.98. The summed E-state index contributed by atoms with van der Waals surface area (Å²) in [5.74, 6) is -0.913. The molecule has 0 aromatic heterocycles. The molecular weight excluding hydrogens is 374 g/mol. The van der Waals surface area contributed by atoms with E-state index in [1.807, 2.05) is 39.8 Å². The molecule has 5 nitrogen and oxygen atoms in total. The SMILES string of the molecule is CC(C)c1cc(C(C)C)c(S(=O)(=O)Nc2ccccc2C(=O)O)c(C(C)C)c1. The second-order valence-corrected chi connectivity index (χ2v) is 9.57. The number of rotatable bonds is 7. The summed E-state index contributed by atoms with van der Waals surface area (Å²) in [6.07, 6.45) is 0. The van der Waals surface area contributed by atoms with Gasteiger partial charge in [-0.25, -0.2) is 13.2 Å². The van der Waals surface area contributed by atoms with E-state index < -0.39 is 16.0 Å². The Kier molecular flexibility index (Phi) is 6.55. The van der Waals surface area contributed by atoms with Crippen molar-refractivity contribution in [1.82, 2.24) is 0 Å². The van der Waals surface area contributed by atoms with Crippen LogP contribution in [0.1, 0.15) is 86.3 Å². The first kappa shape index (κ1) is 22.0. The monoisotopic (exact) mass is 403 g/mol. The van der Waals surface area contributed by atoms with Crippen LogP contribution in [0.15, 0.2) is 41.3 Å². The van der Waals surface area contributed by atoms with Gasteiger partial charge in [0, 0.05) is 0 Å². The van der Waals surface area contributed by atoms with Crippen LogP contribution in [-0.4, -0.2) is 19.5 Å². The highest BCUT2D eigenvalue weighted by atomic mass is 32.2. The van der Waals surface area contributed by atoms with Crippen LogP contribution in [0.4, 0.5) is 5.69 Å².